The minimum Gasteiger partial charge on any atom is -0.395 e. The van der Waals surface area contributed by atoms with Crippen molar-refractivity contribution in [2.75, 3.05) is 19.7 Å². The van der Waals surface area contributed by atoms with Crippen molar-refractivity contribution in [1.29, 1.82) is 0 Å². The minimum absolute atomic E-state index is 0.000278. The fraction of sp³-hybridized carbons (Fsp3) is 0.533. The molecule has 1 unspecified atom stereocenters. The number of benzene rings is 1. The molecule has 0 bridgehead atoms. The van der Waals surface area contributed by atoms with Crippen molar-refractivity contribution in [1.82, 2.24) is 10.2 Å². The van der Waals surface area contributed by atoms with E-state index in [4.69, 9.17) is 11.6 Å². The van der Waals surface area contributed by atoms with Crippen LogP contribution in [0.1, 0.15) is 24.8 Å². The van der Waals surface area contributed by atoms with E-state index in [0.717, 1.165) is 31.4 Å². The molecule has 1 aliphatic rings. The Balaban J connectivity index is 1.78. The lowest BCUT2D eigenvalue weighted by Gasteiger charge is -2.33. The quantitative estimate of drug-likeness (QED) is 0.871. The first-order valence-corrected chi connectivity index (χ1v) is 7.43. The largest absolute Gasteiger partial charge is 0.395 e. The zero-order valence-corrected chi connectivity index (χ0v) is 12.3. The number of nitrogens with one attached hydrogen (secondary N) is 1. The van der Waals surface area contributed by atoms with E-state index in [1.54, 1.807) is 0 Å². The van der Waals surface area contributed by atoms with Crippen molar-refractivity contribution in [2.45, 2.75) is 31.8 Å². The van der Waals surface area contributed by atoms with Gasteiger partial charge in [0.1, 0.15) is 0 Å². The lowest BCUT2D eigenvalue weighted by atomic mass is 10.0. The van der Waals surface area contributed by atoms with Crippen LogP contribution in [0.25, 0.3) is 0 Å². The van der Waals surface area contributed by atoms with Crippen molar-refractivity contribution in [3.63, 3.8) is 0 Å². The van der Waals surface area contributed by atoms with Gasteiger partial charge in [-0.25, -0.2) is 0 Å². The Kier molecular flexibility index (Phi) is 5.83. The van der Waals surface area contributed by atoms with Crippen LogP contribution in [0.15, 0.2) is 24.3 Å². The third kappa shape index (κ3) is 4.47. The molecule has 0 saturated carbocycles. The smallest absolute Gasteiger partial charge is 0.234 e. The summed E-state index contributed by atoms with van der Waals surface area (Å²) < 4.78 is 0. The molecule has 110 valence electrons. The summed E-state index contributed by atoms with van der Waals surface area (Å²) in [5.74, 6) is 0.000278. The van der Waals surface area contributed by atoms with E-state index in [2.05, 4.69) is 10.2 Å². The number of nitrogens with zero attached hydrogens (tertiary/aromatic N) is 1. The average molecular weight is 297 g/mol. The van der Waals surface area contributed by atoms with Crippen LogP contribution in [0.2, 0.25) is 5.02 Å². The molecule has 0 aliphatic carbocycles. The molecular formula is C15H21ClN2O2. The Labute approximate surface area is 124 Å². The third-order valence-electron chi connectivity index (χ3n) is 3.71. The molecule has 1 heterocycles. The van der Waals surface area contributed by atoms with E-state index in [1.807, 2.05) is 24.3 Å². The van der Waals surface area contributed by atoms with Crippen molar-refractivity contribution in [2.24, 2.45) is 0 Å². The molecule has 0 aromatic heterocycles. The maximum atomic E-state index is 12.0. The zero-order chi connectivity index (χ0) is 14.4. The SMILES string of the molecule is O=C(CN1CCCCC1CO)NCc1ccc(Cl)cc1. The number of carbonyl (C=O) groups is 1. The highest BCUT2D eigenvalue weighted by molar-refractivity contribution is 6.30. The van der Waals surface area contributed by atoms with Gasteiger partial charge in [0.15, 0.2) is 0 Å². The highest BCUT2D eigenvalue weighted by Crippen LogP contribution is 2.16. The van der Waals surface area contributed by atoms with E-state index < -0.39 is 0 Å². The molecule has 1 aliphatic heterocycles. The summed E-state index contributed by atoms with van der Waals surface area (Å²) in [6.45, 7) is 1.89. The topological polar surface area (TPSA) is 52.6 Å². The second kappa shape index (κ2) is 7.62. The molecule has 20 heavy (non-hydrogen) atoms. The lowest BCUT2D eigenvalue weighted by Crippen LogP contribution is -2.46. The monoisotopic (exact) mass is 296 g/mol. The number of rotatable bonds is 5. The van der Waals surface area contributed by atoms with Crippen LogP contribution in [0, 0.1) is 0 Å². The Morgan fingerprint density at radius 2 is 2.10 bits per heavy atom. The first-order chi connectivity index (χ1) is 9.69. The number of halogens is 1. The van der Waals surface area contributed by atoms with E-state index in [1.165, 1.54) is 0 Å². The number of aliphatic hydroxyl groups excluding tert-OH is 1. The van der Waals surface area contributed by atoms with Crippen molar-refractivity contribution in [3.05, 3.63) is 34.9 Å². The zero-order valence-electron chi connectivity index (χ0n) is 11.5. The van der Waals surface area contributed by atoms with E-state index in [9.17, 15) is 9.90 Å². The Bertz CT molecular complexity index is 436. The van der Waals surface area contributed by atoms with Crippen LogP contribution in [-0.2, 0) is 11.3 Å². The number of amides is 1. The summed E-state index contributed by atoms with van der Waals surface area (Å²) in [6, 6.07) is 7.57. The minimum atomic E-state index is 0.000278. The molecule has 4 nitrogen and oxygen atoms in total. The summed E-state index contributed by atoms with van der Waals surface area (Å²) >= 11 is 5.82. The normalized spacial score (nSPS) is 19.8. The number of hydrogen-bond donors (Lipinski definition) is 2. The first kappa shape index (κ1) is 15.3. The van der Waals surface area contributed by atoms with E-state index in [0.29, 0.717) is 18.1 Å². The van der Waals surface area contributed by atoms with Crippen molar-refractivity contribution in [3.8, 4) is 0 Å². The summed E-state index contributed by atoms with van der Waals surface area (Å²) in [4.78, 5) is 14.0. The molecule has 1 aromatic rings. The van der Waals surface area contributed by atoms with Gasteiger partial charge in [-0.2, -0.15) is 0 Å². The number of carbonyl (C=O) groups excluding carboxylic acids is 1. The predicted octanol–water partition coefficient (Wildman–Crippen LogP) is 1.80. The van der Waals surface area contributed by atoms with Gasteiger partial charge in [-0.15, -0.1) is 0 Å². The number of piperidine rings is 1. The number of hydrogen-bond acceptors (Lipinski definition) is 3. The molecule has 1 aromatic carbocycles. The summed E-state index contributed by atoms with van der Waals surface area (Å²) in [5.41, 5.74) is 1.03. The van der Waals surface area contributed by atoms with E-state index >= 15 is 0 Å². The van der Waals surface area contributed by atoms with Crippen LogP contribution >= 0.6 is 11.6 Å². The Hall–Kier alpha value is -1.10. The lowest BCUT2D eigenvalue weighted by molar-refractivity contribution is -0.123. The van der Waals surface area contributed by atoms with Gasteiger partial charge in [0, 0.05) is 17.6 Å². The van der Waals surface area contributed by atoms with Gasteiger partial charge in [-0.1, -0.05) is 30.2 Å². The van der Waals surface area contributed by atoms with Gasteiger partial charge < -0.3 is 10.4 Å². The van der Waals surface area contributed by atoms with E-state index in [-0.39, 0.29) is 18.6 Å². The maximum Gasteiger partial charge on any atom is 0.234 e. The summed E-state index contributed by atoms with van der Waals surface area (Å²) in [6.07, 6.45) is 3.20. The fourth-order valence-corrected chi connectivity index (χ4v) is 2.64. The molecular weight excluding hydrogens is 276 g/mol. The van der Waals surface area contributed by atoms with Crippen LogP contribution in [0.3, 0.4) is 0 Å². The standard InChI is InChI=1S/C15H21ClN2O2/c16-13-6-4-12(5-7-13)9-17-15(20)10-18-8-2-1-3-14(18)11-19/h4-7,14,19H,1-3,8-11H2,(H,17,20). The molecule has 2 rings (SSSR count). The number of likely N-dealkylation sites (tertiary alicyclic amines) is 1. The second-order valence-corrected chi connectivity index (χ2v) is 5.64. The van der Waals surface area contributed by atoms with Crippen LogP contribution in [0.5, 0.6) is 0 Å². The summed E-state index contributed by atoms with van der Waals surface area (Å²) in [5, 5.41) is 12.9. The molecule has 0 radical (unpaired) electrons. The molecule has 0 spiro atoms. The van der Waals surface area contributed by atoms with Crippen LogP contribution < -0.4 is 5.32 Å². The molecule has 1 saturated heterocycles. The average Bonchev–Trinajstić information content (AvgIpc) is 2.47. The second-order valence-electron chi connectivity index (χ2n) is 5.21. The molecule has 2 N–H and O–H groups in total. The first-order valence-electron chi connectivity index (χ1n) is 7.05. The van der Waals surface area contributed by atoms with Gasteiger partial charge >= 0.3 is 0 Å². The van der Waals surface area contributed by atoms with Crippen molar-refractivity contribution < 1.29 is 9.90 Å². The predicted molar refractivity (Wildman–Crippen MR) is 79.6 cm³/mol. The molecule has 5 heteroatoms. The van der Waals surface area contributed by atoms with Crippen LogP contribution in [-0.4, -0.2) is 41.7 Å². The van der Waals surface area contributed by atoms with Gasteiger partial charge in [0.25, 0.3) is 0 Å². The number of aliphatic hydroxyl groups is 1. The van der Waals surface area contributed by atoms with Gasteiger partial charge in [0.05, 0.1) is 13.2 Å². The molecule has 1 fully saturated rings. The molecule has 1 amide bonds. The molecule has 1 atom stereocenters. The van der Waals surface area contributed by atoms with Gasteiger partial charge in [-0.05, 0) is 37.1 Å². The van der Waals surface area contributed by atoms with Crippen molar-refractivity contribution >= 4 is 17.5 Å². The Morgan fingerprint density at radius 3 is 2.80 bits per heavy atom. The maximum absolute atomic E-state index is 12.0. The fourth-order valence-electron chi connectivity index (χ4n) is 2.52. The Morgan fingerprint density at radius 1 is 1.35 bits per heavy atom. The third-order valence-corrected chi connectivity index (χ3v) is 3.96. The highest BCUT2D eigenvalue weighted by Gasteiger charge is 2.23. The summed E-state index contributed by atoms with van der Waals surface area (Å²) in [7, 11) is 0. The van der Waals surface area contributed by atoms with Gasteiger partial charge in [0.2, 0.25) is 5.91 Å². The highest BCUT2D eigenvalue weighted by atomic mass is 35.5. The van der Waals surface area contributed by atoms with Gasteiger partial charge in [-0.3, -0.25) is 9.69 Å². The van der Waals surface area contributed by atoms with Crippen LogP contribution in [0.4, 0.5) is 0 Å².